The minimum atomic E-state index is -0.455. The van der Waals surface area contributed by atoms with Gasteiger partial charge in [0.15, 0.2) is 0 Å². The van der Waals surface area contributed by atoms with E-state index in [1.165, 1.54) is 12.1 Å². The van der Waals surface area contributed by atoms with Gasteiger partial charge in [0, 0.05) is 37.6 Å². The summed E-state index contributed by atoms with van der Waals surface area (Å²) in [7, 11) is 3.61. The largest absolute Gasteiger partial charge is 0.398 e. The van der Waals surface area contributed by atoms with Crippen molar-refractivity contribution in [1.82, 2.24) is 0 Å². The second kappa shape index (κ2) is 3.30. The van der Waals surface area contributed by atoms with Crippen LogP contribution in [0.15, 0.2) is 18.2 Å². The number of nitro groups is 1. The normalized spacial score (nSPS) is 9.69. The summed E-state index contributed by atoms with van der Waals surface area (Å²) >= 11 is 0. The van der Waals surface area contributed by atoms with Gasteiger partial charge in [-0.15, -0.1) is 0 Å². The Morgan fingerprint density at radius 3 is 2.46 bits per heavy atom. The van der Waals surface area contributed by atoms with E-state index in [2.05, 4.69) is 0 Å². The zero-order valence-electron chi connectivity index (χ0n) is 7.52. The number of nitrogens with zero attached hydrogens (tertiary/aromatic N) is 2. The Morgan fingerprint density at radius 1 is 1.38 bits per heavy atom. The van der Waals surface area contributed by atoms with Crippen LogP contribution in [-0.2, 0) is 0 Å². The van der Waals surface area contributed by atoms with Crippen molar-refractivity contribution in [2.24, 2.45) is 0 Å². The van der Waals surface area contributed by atoms with Crippen LogP contribution >= 0.6 is 0 Å². The lowest BCUT2D eigenvalue weighted by Gasteiger charge is -2.12. The average molecular weight is 181 g/mol. The molecular formula is C8H11N3O2. The first kappa shape index (κ1) is 9.31. The SMILES string of the molecule is CN(C)c1cc(N)cc([N+](=O)[O-])c1. The maximum Gasteiger partial charge on any atom is 0.273 e. The lowest BCUT2D eigenvalue weighted by Crippen LogP contribution is -2.09. The molecule has 0 aliphatic carbocycles. The maximum absolute atomic E-state index is 10.5. The van der Waals surface area contributed by atoms with Gasteiger partial charge in [-0.1, -0.05) is 0 Å². The van der Waals surface area contributed by atoms with Crippen LogP contribution in [0.5, 0.6) is 0 Å². The molecule has 0 saturated carbocycles. The first-order valence-corrected chi connectivity index (χ1v) is 3.73. The third-order valence-corrected chi connectivity index (χ3v) is 1.65. The van der Waals surface area contributed by atoms with E-state index in [1.807, 2.05) is 0 Å². The number of non-ortho nitro benzene ring substituents is 1. The number of benzene rings is 1. The van der Waals surface area contributed by atoms with Crippen molar-refractivity contribution in [3.63, 3.8) is 0 Å². The van der Waals surface area contributed by atoms with E-state index in [0.29, 0.717) is 5.69 Å². The van der Waals surface area contributed by atoms with Crippen LogP contribution in [0, 0.1) is 10.1 Å². The summed E-state index contributed by atoms with van der Waals surface area (Å²) in [5, 5.41) is 10.5. The van der Waals surface area contributed by atoms with E-state index in [4.69, 9.17) is 5.73 Å². The molecule has 0 bridgehead atoms. The van der Waals surface area contributed by atoms with Crippen molar-refractivity contribution in [1.29, 1.82) is 0 Å². The second-order valence-electron chi connectivity index (χ2n) is 2.93. The van der Waals surface area contributed by atoms with Gasteiger partial charge in [0.25, 0.3) is 5.69 Å². The summed E-state index contributed by atoms with van der Waals surface area (Å²) in [4.78, 5) is 11.8. The molecule has 0 unspecified atom stereocenters. The smallest absolute Gasteiger partial charge is 0.273 e. The predicted octanol–water partition coefficient (Wildman–Crippen LogP) is 1.24. The van der Waals surface area contributed by atoms with E-state index < -0.39 is 4.92 Å². The summed E-state index contributed by atoms with van der Waals surface area (Å²) in [6.07, 6.45) is 0. The van der Waals surface area contributed by atoms with Crippen LogP contribution in [-0.4, -0.2) is 19.0 Å². The minimum Gasteiger partial charge on any atom is -0.398 e. The molecule has 0 saturated heterocycles. The van der Waals surface area contributed by atoms with Crippen molar-refractivity contribution in [2.75, 3.05) is 24.7 Å². The van der Waals surface area contributed by atoms with Crippen LogP contribution in [0.2, 0.25) is 0 Å². The summed E-state index contributed by atoms with van der Waals surface area (Å²) in [6.45, 7) is 0. The summed E-state index contributed by atoms with van der Waals surface area (Å²) in [5.74, 6) is 0. The van der Waals surface area contributed by atoms with Crippen LogP contribution in [0.25, 0.3) is 0 Å². The summed E-state index contributed by atoms with van der Waals surface area (Å²) < 4.78 is 0. The molecule has 2 N–H and O–H groups in total. The number of hydrogen-bond acceptors (Lipinski definition) is 4. The van der Waals surface area contributed by atoms with Crippen molar-refractivity contribution in [3.8, 4) is 0 Å². The van der Waals surface area contributed by atoms with Gasteiger partial charge in [0.1, 0.15) is 0 Å². The summed E-state index contributed by atoms with van der Waals surface area (Å²) in [6, 6.07) is 4.51. The Kier molecular flexibility index (Phi) is 2.36. The molecule has 0 aliphatic rings. The Labute approximate surface area is 75.9 Å². The van der Waals surface area contributed by atoms with E-state index >= 15 is 0 Å². The standard InChI is InChI=1S/C8H11N3O2/c1-10(2)7-3-6(9)4-8(5-7)11(12)13/h3-5H,9H2,1-2H3. The number of anilines is 2. The zero-order chi connectivity index (χ0) is 10.0. The predicted molar refractivity (Wildman–Crippen MR) is 51.8 cm³/mol. The molecule has 0 fully saturated rings. The van der Waals surface area contributed by atoms with Crippen molar-refractivity contribution in [2.45, 2.75) is 0 Å². The zero-order valence-corrected chi connectivity index (χ0v) is 7.52. The third-order valence-electron chi connectivity index (χ3n) is 1.65. The highest BCUT2D eigenvalue weighted by Gasteiger charge is 2.08. The van der Waals surface area contributed by atoms with Gasteiger partial charge < -0.3 is 10.6 Å². The number of nitrogens with two attached hydrogens (primary N) is 1. The molecule has 1 rings (SSSR count). The number of nitrogen functional groups attached to an aromatic ring is 1. The van der Waals surface area contributed by atoms with Crippen molar-refractivity contribution in [3.05, 3.63) is 28.3 Å². The lowest BCUT2D eigenvalue weighted by atomic mass is 10.2. The Morgan fingerprint density at radius 2 is 2.00 bits per heavy atom. The first-order chi connectivity index (χ1) is 6.00. The fourth-order valence-corrected chi connectivity index (χ4v) is 0.982. The minimum absolute atomic E-state index is 0.0173. The van der Waals surface area contributed by atoms with E-state index in [1.54, 1.807) is 25.1 Å². The van der Waals surface area contributed by atoms with Crippen molar-refractivity contribution >= 4 is 17.1 Å². The molecule has 0 radical (unpaired) electrons. The fourth-order valence-electron chi connectivity index (χ4n) is 0.982. The van der Waals surface area contributed by atoms with E-state index in [0.717, 1.165) is 5.69 Å². The molecule has 13 heavy (non-hydrogen) atoms. The lowest BCUT2D eigenvalue weighted by molar-refractivity contribution is -0.384. The van der Waals surface area contributed by atoms with E-state index in [-0.39, 0.29) is 5.69 Å². The van der Waals surface area contributed by atoms with Gasteiger partial charge >= 0.3 is 0 Å². The highest BCUT2D eigenvalue weighted by Crippen LogP contribution is 2.23. The molecule has 0 atom stereocenters. The van der Waals surface area contributed by atoms with Crippen LogP contribution < -0.4 is 10.6 Å². The molecule has 1 aromatic rings. The van der Waals surface area contributed by atoms with E-state index in [9.17, 15) is 10.1 Å². The Bertz CT molecular complexity index is 336. The average Bonchev–Trinajstić information content (AvgIpc) is 2.03. The van der Waals surface area contributed by atoms with Gasteiger partial charge in [-0.25, -0.2) is 0 Å². The molecule has 1 aromatic carbocycles. The van der Waals surface area contributed by atoms with Gasteiger partial charge in [0.2, 0.25) is 0 Å². The number of nitro benzene ring substituents is 1. The molecule has 5 nitrogen and oxygen atoms in total. The van der Waals surface area contributed by atoms with Gasteiger partial charge in [0.05, 0.1) is 4.92 Å². The molecule has 0 spiro atoms. The third kappa shape index (κ3) is 2.08. The maximum atomic E-state index is 10.5. The summed E-state index contributed by atoms with van der Waals surface area (Å²) in [5.41, 5.74) is 6.65. The molecule has 0 heterocycles. The Balaban J connectivity index is 3.19. The molecule has 0 amide bonds. The van der Waals surface area contributed by atoms with Gasteiger partial charge in [-0.05, 0) is 6.07 Å². The fraction of sp³-hybridized carbons (Fsp3) is 0.250. The van der Waals surface area contributed by atoms with Crippen LogP contribution in [0.3, 0.4) is 0 Å². The molecule has 5 heteroatoms. The van der Waals surface area contributed by atoms with Gasteiger partial charge in [-0.3, -0.25) is 10.1 Å². The first-order valence-electron chi connectivity index (χ1n) is 3.73. The monoisotopic (exact) mass is 181 g/mol. The molecule has 0 aliphatic heterocycles. The molecular weight excluding hydrogens is 170 g/mol. The number of rotatable bonds is 2. The quantitative estimate of drug-likeness (QED) is 0.423. The molecule has 0 aromatic heterocycles. The Hall–Kier alpha value is -1.78. The highest BCUT2D eigenvalue weighted by atomic mass is 16.6. The highest BCUT2D eigenvalue weighted by molar-refractivity contribution is 5.62. The van der Waals surface area contributed by atoms with Gasteiger partial charge in [-0.2, -0.15) is 0 Å². The van der Waals surface area contributed by atoms with Crippen LogP contribution in [0.1, 0.15) is 0 Å². The topological polar surface area (TPSA) is 72.4 Å². The second-order valence-corrected chi connectivity index (χ2v) is 2.93. The number of hydrogen-bond donors (Lipinski definition) is 1. The van der Waals surface area contributed by atoms with Crippen molar-refractivity contribution < 1.29 is 4.92 Å². The van der Waals surface area contributed by atoms with Crippen LogP contribution in [0.4, 0.5) is 17.1 Å². The molecule has 70 valence electrons.